The molecular formula is C27H34N8O3. The largest absolute Gasteiger partial charge is 0.386 e. The minimum absolute atomic E-state index is 0.0216. The molecule has 3 aromatic heterocycles. The summed E-state index contributed by atoms with van der Waals surface area (Å²) in [6.45, 7) is 7.94. The summed E-state index contributed by atoms with van der Waals surface area (Å²) in [6, 6.07) is 5.36. The molecule has 4 aromatic rings. The van der Waals surface area contributed by atoms with Crippen LogP contribution in [0.2, 0.25) is 0 Å². The van der Waals surface area contributed by atoms with Crippen molar-refractivity contribution in [2.75, 3.05) is 32.0 Å². The third kappa shape index (κ3) is 4.19. The zero-order valence-electron chi connectivity index (χ0n) is 22.0. The summed E-state index contributed by atoms with van der Waals surface area (Å²) in [5.74, 6) is 1.54. The molecule has 2 aliphatic rings. The van der Waals surface area contributed by atoms with Gasteiger partial charge in [0.05, 0.1) is 36.6 Å². The van der Waals surface area contributed by atoms with Gasteiger partial charge in [0, 0.05) is 24.6 Å². The van der Waals surface area contributed by atoms with Crippen molar-refractivity contribution in [1.29, 1.82) is 0 Å². The number of aromatic nitrogens is 6. The average molecular weight is 519 g/mol. The fraction of sp³-hybridized carbons (Fsp3) is 0.519. The number of nitrogen functional groups attached to an aromatic ring is 1. The molecular weight excluding hydrogens is 484 g/mol. The van der Waals surface area contributed by atoms with E-state index in [4.69, 9.17) is 10.5 Å². The van der Waals surface area contributed by atoms with Gasteiger partial charge in [-0.2, -0.15) is 0 Å². The summed E-state index contributed by atoms with van der Waals surface area (Å²) in [6.07, 6.45) is 5.33. The molecule has 1 amide bonds. The van der Waals surface area contributed by atoms with Crippen LogP contribution in [0.3, 0.4) is 0 Å². The zero-order chi connectivity index (χ0) is 26.7. The van der Waals surface area contributed by atoms with Gasteiger partial charge in [-0.15, -0.1) is 0 Å². The first kappa shape index (κ1) is 24.7. The standard InChI is InChI=1S/C27H34N8O3/c1-16(2)23-32-18-5-4-17(10-19(18)33-23)25(36)34-8-6-27(7-9-34)11-20(26(3,37)12-38-13-27)35-15-31-21-22(28)29-14-30-24(21)35/h4-5,10,14-16,20,37H,6-9,11-13H2,1-3H3,(H,32,33)(H2,28,29,30)/t20-,26-/m1/s1. The highest BCUT2D eigenvalue weighted by molar-refractivity contribution is 5.97. The second kappa shape index (κ2) is 9.02. The van der Waals surface area contributed by atoms with Crippen LogP contribution in [0.1, 0.15) is 68.2 Å². The van der Waals surface area contributed by atoms with Crippen LogP contribution in [0, 0.1) is 5.41 Å². The van der Waals surface area contributed by atoms with Crippen molar-refractivity contribution in [3.8, 4) is 0 Å². The van der Waals surface area contributed by atoms with Gasteiger partial charge in [-0.05, 0) is 49.8 Å². The van der Waals surface area contributed by atoms with E-state index in [0.29, 0.717) is 48.7 Å². The molecule has 2 fully saturated rings. The number of piperidine rings is 1. The fourth-order valence-electron chi connectivity index (χ4n) is 5.91. The minimum atomic E-state index is -1.13. The summed E-state index contributed by atoms with van der Waals surface area (Å²) in [5, 5.41) is 11.4. The Kier molecular flexibility index (Phi) is 5.88. The van der Waals surface area contributed by atoms with Gasteiger partial charge in [-0.3, -0.25) is 4.79 Å². The average Bonchev–Trinajstić information content (AvgIpc) is 3.49. The van der Waals surface area contributed by atoms with Gasteiger partial charge < -0.3 is 30.0 Å². The van der Waals surface area contributed by atoms with Crippen molar-refractivity contribution in [1.82, 2.24) is 34.4 Å². The predicted molar refractivity (Wildman–Crippen MR) is 143 cm³/mol. The van der Waals surface area contributed by atoms with Gasteiger partial charge in [-0.25, -0.2) is 19.9 Å². The summed E-state index contributed by atoms with van der Waals surface area (Å²) in [7, 11) is 0. The van der Waals surface area contributed by atoms with Crippen molar-refractivity contribution in [3.05, 3.63) is 42.2 Å². The Hall–Kier alpha value is -3.57. The number of aliphatic hydroxyl groups is 1. The van der Waals surface area contributed by atoms with Crippen LogP contribution in [0.4, 0.5) is 5.82 Å². The lowest BCUT2D eigenvalue weighted by Gasteiger charge is -2.43. The fourth-order valence-corrected chi connectivity index (χ4v) is 5.91. The molecule has 0 bridgehead atoms. The Morgan fingerprint density at radius 2 is 2.00 bits per heavy atom. The van der Waals surface area contributed by atoms with Gasteiger partial charge >= 0.3 is 0 Å². The number of fused-ring (bicyclic) bond motifs is 2. The van der Waals surface area contributed by atoms with Crippen LogP contribution in [0.25, 0.3) is 22.2 Å². The molecule has 4 N–H and O–H groups in total. The summed E-state index contributed by atoms with van der Waals surface area (Å²) >= 11 is 0. The number of amides is 1. The Balaban J connectivity index is 1.22. The van der Waals surface area contributed by atoms with Crippen LogP contribution in [0.5, 0.6) is 0 Å². The van der Waals surface area contributed by atoms with E-state index in [1.807, 2.05) is 27.7 Å². The van der Waals surface area contributed by atoms with E-state index in [0.717, 1.165) is 29.7 Å². The van der Waals surface area contributed by atoms with Crippen molar-refractivity contribution >= 4 is 33.9 Å². The normalized spacial score (nSPS) is 23.9. The molecule has 0 unspecified atom stereocenters. The van der Waals surface area contributed by atoms with Crippen LogP contribution < -0.4 is 5.73 Å². The highest BCUT2D eigenvalue weighted by atomic mass is 16.5. The van der Waals surface area contributed by atoms with Gasteiger partial charge in [0.2, 0.25) is 0 Å². The summed E-state index contributed by atoms with van der Waals surface area (Å²) in [5.41, 5.74) is 8.24. The molecule has 0 radical (unpaired) electrons. The van der Waals surface area contributed by atoms with E-state index in [1.165, 1.54) is 6.33 Å². The molecule has 2 aliphatic heterocycles. The number of likely N-dealkylation sites (tertiary alicyclic amines) is 1. The minimum Gasteiger partial charge on any atom is -0.386 e. The van der Waals surface area contributed by atoms with Crippen molar-refractivity contribution in [2.45, 2.75) is 57.6 Å². The molecule has 11 heteroatoms. The Bertz CT molecular complexity index is 1500. The van der Waals surface area contributed by atoms with Crippen LogP contribution in [-0.4, -0.2) is 77.3 Å². The first-order chi connectivity index (χ1) is 18.2. The number of aromatic amines is 1. The van der Waals surface area contributed by atoms with Gasteiger partial charge in [0.25, 0.3) is 5.91 Å². The smallest absolute Gasteiger partial charge is 0.253 e. The first-order valence-corrected chi connectivity index (χ1v) is 13.2. The lowest BCUT2D eigenvalue weighted by molar-refractivity contribution is -0.0528. The highest BCUT2D eigenvalue weighted by Crippen LogP contribution is 2.46. The Labute approximate surface area is 220 Å². The lowest BCUT2D eigenvalue weighted by atomic mass is 9.72. The number of benzene rings is 1. The van der Waals surface area contributed by atoms with Crippen LogP contribution in [-0.2, 0) is 4.74 Å². The Morgan fingerprint density at radius 1 is 1.21 bits per heavy atom. The maximum absolute atomic E-state index is 13.4. The van der Waals surface area contributed by atoms with E-state index in [1.54, 1.807) is 13.3 Å². The van der Waals surface area contributed by atoms with Crippen LogP contribution in [0.15, 0.2) is 30.9 Å². The van der Waals surface area contributed by atoms with E-state index in [9.17, 15) is 9.90 Å². The summed E-state index contributed by atoms with van der Waals surface area (Å²) in [4.78, 5) is 36.2. The van der Waals surface area contributed by atoms with Gasteiger partial charge in [0.1, 0.15) is 23.3 Å². The topological polar surface area (TPSA) is 148 Å². The molecule has 38 heavy (non-hydrogen) atoms. The van der Waals surface area contributed by atoms with Gasteiger partial charge in [-0.1, -0.05) is 13.8 Å². The number of carbonyl (C=O) groups excluding carboxylic acids is 1. The maximum Gasteiger partial charge on any atom is 0.253 e. The number of hydrogen-bond donors (Lipinski definition) is 3. The number of anilines is 1. The quantitative estimate of drug-likeness (QED) is 0.375. The second-order valence-electron chi connectivity index (χ2n) is 11.5. The van der Waals surface area contributed by atoms with E-state index in [-0.39, 0.29) is 29.9 Å². The number of nitrogens with one attached hydrogen (secondary N) is 1. The number of ether oxygens (including phenoxy) is 1. The van der Waals surface area contributed by atoms with Gasteiger partial charge in [0.15, 0.2) is 11.5 Å². The molecule has 200 valence electrons. The molecule has 2 atom stereocenters. The molecule has 11 nitrogen and oxygen atoms in total. The second-order valence-corrected chi connectivity index (χ2v) is 11.5. The molecule has 0 saturated carbocycles. The molecule has 6 rings (SSSR count). The zero-order valence-corrected chi connectivity index (χ0v) is 22.0. The number of nitrogens with two attached hydrogens (primary N) is 1. The van der Waals surface area contributed by atoms with Crippen molar-refractivity contribution in [3.63, 3.8) is 0 Å². The number of hydrogen-bond acceptors (Lipinski definition) is 8. The third-order valence-electron chi connectivity index (χ3n) is 8.27. The number of carbonyl (C=O) groups is 1. The monoisotopic (exact) mass is 518 g/mol. The molecule has 5 heterocycles. The first-order valence-electron chi connectivity index (χ1n) is 13.2. The number of imidazole rings is 2. The number of rotatable bonds is 3. The number of nitrogens with zero attached hydrogens (tertiary/aromatic N) is 6. The van der Waals surface area contributed by atoms with E-state index in [2.05, 4.69) is 38.8 Å². The van der Waals surface area contributed by atoms with Crippen molar-refractivity contribution < 1.29 is 14.6 Å². The number of H-pyrrole nitrogens is 1. The maximum atomic E-state index is 13.4. The Morgan fingerprint density at radius 3 is 2.76 bits per heavy atom. The summed E-state index contributed by atoms with van der Waals surface area (Å²) < 4.78 is 7.97. The third-order valence-corrected chi connectivity index (χ3v) is 8.27. The molecule has 1 spiro atoms. The molecule has 0 aliphatic carbocycles. The lowest BCUT2D eigenvalue weighted by Crippen LogP contribution is -2.46. The van der Waals surface area contributed by atoms with E-state index >= 15 is 0 Å². The van der Waals surface area contributed by atoms with Crippen molar-refractivity contribution in [2.24, 2.45) is 5.41 Å². The predicted octanol–water partition coefficient (Wildman–Crippen LogP) is 3.04. The van der Waals surface area contributed by atoms with E-state index < -0.39 is 5.60 Å². The van der Waals surface area contributed by atoms with Crippen LogP contribution >= 0.6 is 0 Å². The SMILES string of the molecule is CC(C)c1nc2ccc(C(=O)N3CCC4(CC3)COC[C@@](C)(O)[C@H](n3cnc5c(N)ncnc53)C4)cc2[nH]1. The highest BCUT2D eigenvalue weighted by Gasteiger charge is 2.47. The molecule has 1 aromatic carbocycles. The molecule has 2 saturated heterocycles.